The van der Waals surface area contributed by atoms with Gasteiger partial charge >= 0.3 is 0 Å². The molecule has 0 radical (unpaired) electrons. The molecule has 2 rings (SSSR count). The first kappa shape index (κ1) is 15.6. The topological polar surface area (TPSA) is 46.2 Å². The molecular weight excluding hydrogens is 272 g/mol. The van der Waals surface area contributed by atoms with Crippen LogP contribution in [0.25, 0.3) is 0 Å². The number of nitrogens with two attached hydrogens (primary N) is 1. The van der Waals surface area contributed by atoms with Gasteiger partial charge in [-0.25, -0.2) is 8.78 Å². The van der Waals surface area contributed by atoms with Gasteiger partial charge in [-0.05, 0) is 42.5 Å². The number of rotatable bonds is 6. The standard InChI is InChI=1S/C17H19F2NO/c18-14-8-13(9-15(19)11-14)6-7-17(21)16(20)10-12-4-2-1-3-5-12/h1-5,8-9,11,16-17,21H,6-7,10,20H2/t16-,17+/m0/s1. The molecule has 2 nitrogen and oxygen atoms in total. The Morgan fingerprint density at radius 2 is 1.57 bits per heavy atom. The molecule has 0 aliphatic rings. The minimum absolute atomic E-state index is 0.372. The Bertz CT molecular complexity index is 554. The third kappa shape index (κ3) is 4.92. The lowest BCUT2D eigenvalue weighted by Gasteiger charge is -2.19. The second kappa shape index (κ2) is 7.29. The highest BCUT2D eigenvalue weighted by Gasteiger charge is 2.15. The fraction of sp³-hybridized carbons (Fsp3) is 0.294. The van der Waals surface area contributed by atoms with Gasteiger partial charge < -0.3 is 10.8 Å². The predicted molar refractivity (Wildman–Crippen MR) is 78.8 cm³/mol. The van der Waals surface area contributed by atoms with Crippen LogP contribution in [0.4, 0.5) is 8.78 Å². The highest BCUT2D eigenvalue weighted by atomic mass is 19.1. The number of aliphatic hydroxyl groups is 1. The van der Waals surface area contributed by atoms with Crippen LogP contribution in [0.3, 0.4) is 0 Å². The summed E-state index contributed by atoms with van der Waals surface area (Å²) in [5.41, 5.74) is 7.56. The molecular formula is C17H19F2NO. The molecule has 112 valence electrons. The van der Waals surface area contributed by atoms with Gasteiger partial charge in [0.2, 0.25) is 0 Å². The largest absolute Gasteiger partial charge is 0.391 e. The van der Waals surface area contributed by atoms with Crippen molar-refractivity contribution >= 4 is 0 Å². The number of halogens is 2. The van der Waals surface area contributed by atoms with Gasteiger partial charge in [0, 0.05) is 12.1 Å². The van der Waals surface area contributed by atoms with Gasteiger partial charge in [0.25, 0.3) is 0 Å². The molecule has 4 heteroatoms. The van der Waals surface area contributed by atoms with Crippen molar-refractivity contribution in [3.63, 3.8) is 0 Å². The molecule has 0 aliphatic carbocycles. The normalized spacial score (nSPS) is 13.9. The van der Waals surface area contributed by atoms with E-state index in [1.807, 2.05) is 30.3 Å². The lowest BCUT2D eigenvalue weighted by molar-refractivity contribution is 0.135. The number of hydrogen-bond acceptors (Lipinski definition) is 2. The Morgan fingerprint density at radius 3 is 2.19 bits per heavy atom. The Labute approximate surface area is 123 Å². The summed E-state index contributed by atoms with van der Waals surface area (Å²) in [5.74, 6) is -1.21. The molecule has 0 saturated heterocycles. The number of hydrogen-bond donors (Lipinski definition) is 2. The molecule has 2 aromatic rings. The van der Waals surface area contributed by atoms with Crippen molar-refractivity contribution < 1.29 is 13.9 Å². The summed E-state index contributed by atoms with van der Waals surface area (Å²) in [5, 5.41) is 10.1. The van der Waals surface area contributed by atoms with Crippen LogP contribution in [-0.2, 0) is 12.8 Å². The van der Waals surface area contributed by atoms with Crippen molar-refractivity contribution in [1.29, 1.82) is 0 Å². The smallest absolute Gasteiger partial charge is 0.126 e. The number of aliphatic hydroxyl groups excluding tert-OH is 1. The van der Waals surface area contributed by atoms with Crippen LogP contribution in [0.15, 0.2) is 48.5 Å². The van der Waals surface area contributed by atoms with Crippen molar-refractivity contribution in [2.75, 3.05) is 0 Å². The van der Waals surface area contributed by atoms with E-state index in [1.54, 1.807) is 0 Å². The van der Waals surface area contributed by atoms with Crippen LogP contribution in [0.2, 0.25) is 0 Å². The predicted octanol–water partition coefficient (Wildman–Crippen LogP) is 2.83. The summed E-state index contributed by atoms with van der Waals surface area (Å²) >= 11 is 0. The average molecular weight is 291 g/mol. The van der Waals surface area contributed by atoms with E-state index in [0.29, 0.717) is 24.8 Å². The zero-order valence-electron chi connectivity index (χ0n) is 11.7. The van der Waals surface area contributed by atoms with Crippen LogP contribution < -0.4 is 5.73 Å². The minimum Gasteiger partial charge on any atom is -0.391 e. The second-order valence-corrected chi connectivity index (χ2v) is 5.24. The second-order valence-electron chi connectivity index (χ2n) is 5.24. The Morgan fingerprint density at radius 1 is 0.952 bits per heavy atom. The molecule has 2 atom stereocenters. The summed E-state index contributed by atoms with van der Waals surface area (Å²) in [6.07, 6.45) is 0.617. The van der Waals surface area contributed by atoms with Gasteiger partial charge in [-0.1, -0.05) is 30.3 Å². The number of benzene rings is 2. The quantitative estimate of drug-likeness (QED) is 0.859. The zero-order chi connectivity index (χ0) is 15.2. The highest BCUT2D eigenvalue weighted by molar-refractivity contribution is 5.19. The fourth-order valence-electron chi connectivity index (χ4n) is 2.31. The van der Waals surface area contributed by atoms with E-state index in [4.69, 9.17) is 5.73 Å². The summed E-state index contributed by atoms with van der Waals surface area (Å²) in [7, 11) is 0. The highest BCUT2D eigenvalue weighted by Crippen LogP contribution is 2.13. The van der Waals surface area contributed by atoms with Gasteiger partial charge in [0.1, 0.15) is 11.6 Å². The van der Waals surface area contributed by atoms with Gasteiger partial charge in [-0.15, -0.1) is 0 Å². The zero-order valence-corrected chi connectivity index (χ0v) is 11.7. The van der Waals surface area contributed by atoms with E-state index >= 15 is 0 Å². The fourth-order valence-corrected chi connectivity index (χ4v) is 2.31. The molecule has 0 saturated carbocycles. The Kier molecular flexibility index (Phi) is 5.42. The van der Waals surface area contributed by atoms with E-state index in [2.05, 4.69) is 0 Å². The average Bonchev–Trinajstić information content (AvgIpc) is 2.44. The van der Waals surface area contributed by atoms with E-state index in [9.17, 15) is 13.9 Å². The maximum Gasteiger partial charge on any atom is 0.126 e. The molecule has 0 aromatic heterocycles. The van der Waals surface area contributed by atoms with Crippen molar-refractivity contribution in [2.45, 2.75) is 31.4 Å². The molecule has 2 aromatic carbocycles. The molecule has 0 unspecified atom stereocenters. The van der Waals surface area contributed by atoms with Crippen LogP contribution >= 0.6 is 0 Å². The number of aryl methyl sites for hydroxylation is 1. The third-order valence-electron chi connectivity index (χ3n) is 3.46. The molecule has 0 spiro atoms. The van der Waals surface area contributed by atoms with Crippen molar-refractivity contribution in [1.82, 2.24) is 0 Å². The summed E-state index contributed by atoms with van der Waals surface area (Å²) < 4.78 is 26.1. The first-order valence-electron chi connectivity index (χ1n) is 6.97. The Balaban J connectivity index is 1.87. The Hall–Kier alpha value is -1.78. The lowest BCUT2D eigenvalue weighted by Crippen LogP contribution is -2.36. The van der Waals surface area contributed by atoms with E-state index in [0.717, 1.165) is 11.6 Å². The molecule has 0 heterocycles. The summed E-state index contributed by atoms with van der Waals surface area (Å²) in [6, 6.07) is 12.7. The van der Waals surface area contributed by atoms with Gasteiger partial charge in [0.05, 0.1) is 6.10 Å². The van der Waals surface area contributed by atoms with E-state index < -0.39 is 23.8 Å². The van der Waals surface area contributed by atoms with Crippen molar-refractivity contribution in [2.24, 2.45) is 5.73 Å². The third-order valence-corrected chi connectivity index (χ3v) is 3.46. The van der Waals surface area contributed by atoms with Crippen LogP contribution in [0, 0.1) is 11.6 Å². The van der Waals surface area contributed by atoms with Crippen LogP contribution in [0.5, 0.6) is 0 Å². The summed E-state index contributed by atoms with van der Waals surface area (Å²) in [4.78, 5) is 0. The monoisotopic (exact) mass is 291 g/mol. The van der Waals surface area contributed by atoms with E-state index in [-0.39, 0.29) is 0 Å². The van der Waals surface area contributed by atoms with Crippen LogP contribution in [0.1, 0.15) is 17.5 Å². The van der Waals surface area contributed by atoms with Crippen molar-refractivity contribution in [3.05, 3.63) is 71.3 Å². The van der Waals surface area contributed by atoms with Crippen LogP contribution in [-0.4, -0.2) is 17.3 Å². The van der Waals surface area contributed by atoms with Gasteiger partial charge in [-0.3, -0.25) is 0 Å². The van der Waals surface area contributed by atoms with Gasteiger partial charge in [0.15, 0.2) is 0 Å². The van der Waals surface area contributed by atoms with Crippen molar-refractivity contribution in [3.8, 4) is 0 Å². The SMILES string of the molecule is N[C@@H](Cc1ccccc1)[C@H](O)CCc1cc(F)cc(F)c1. The van der Waals surface area contributed by atoms with E-state index in [1.165, 1.54) is 12.1 Å². The minimum atomic E-state index is -0.712. The molecule has 0 bridgehead atoms. The maximum absolute atomic E-state index is 13.1. The first-order valence-corrected chi connectivity index (χ1v) is 6.97. The maximum atomic E-state index is 13.1. The molecule has 0 fully saturated rings. The molecule has 3 N–H and O–H groups in total. The van der Waals surface area contributed by atoms with Gasteiger partial charge in [-0.2, -0.15) is 0 Å². The lowest BCUT2D eigenvalue weighted by atomic mass is 9.97. The first-order chi connectivity index (χ1) is 10.0. The summed E-state index contributed by atoms with van der Waals surface area (Å²) in [6.45, 7) is 0. The molecule has 0 amide bonds. The molecule has 0 aliphatic heterocycles. The molecule has 21 heavy (non-hydrogen) atoms.